The van der Waals surface area contributed by atoms with Crippen LogP contribution in [0.1, 0.15) is 24.1 Å². The third-order valence-corrected chi connectivity index (χ3v) is 4.31. The molecule has 0 aliphatic carbocycles. The van der Waals surface area contributed by atoms with E-state index in [1.807, 2.05) is 31.2 Å². The Morgan fingerprint density at radius 2 is 2.00 bits per heavy atom. The highest BCUT2D eigenvalue weighted by atomic mass is 35.5. The predicted octanol–water partition coefficient (Wildman–Crippen LogP) is 4.79. The van der Waals surface area contributed by atoms with Gasteiger partial charge in [0, 0.05) is 21.7 Å². The van der Waals surface area contributed by atoms with Gasteiger partial charge in [-0.2, -0.15) is 0 Å². The minimum absolute atomic E-state index is 0.190. The molecule has 0 fully saturated rings. The largest absolute Gasteiger partial charge is 0.324 e. The Kier molecular flexibility index (Phi) is 4.86. The van der Waals surface area contributed by atoms with Gasteiger partial charge < -0.3 is 5.73 Å². The fraction of sp³-hybridized carbons (Fsp3) is 0.200. The summed E-state index contributed by atoms with van der Waals surface area (Å²) in [6.07, 6.45) is 0. The molecule has 0 aliphatic heterocycles. The Morgan fingerprint density at radius 3 is 2.68 bits per heavy atom. The van der Waals surface area contributed by atoms with E-state index in [-0.39, 0.29) is 11.9 Å². The Morgan fingerprint density at radius 1 is 1.26 bits per heavy atom. The first-order valence-corrected chi connectivity index (χ1v) is 7.35. The molecule has 0 saturated heterocycles. The van der Waals surface area contributed by atoms with Gasteiger partial charge in [-0.1, -0.05) is 29.8 Å². The lowest BCUT2D eigenvalue weighted by Gasteiger charge is -2.13. The predicted molar refractivity (Wildman–Crippen MR) is 80.0 cm³/mol. The molecule has 0 aliphatic rings. The first-order chi connectivity index (χ1) is 9.08. The van der Waals surface area contributed by atoms with Crippen LogP contribution in [0.2, 0.25) is 5.02 Å². The minimum Gasteiger partial charge on any atom is -0.324 e. The van der Waals surface area contributed by atoms with Crippen molar-refractivity contribution in [3.05, 3.63) is 64.4 Å². The van der Waals surface area contributed by atoms with Gasteiger partial charge in [0.25, 0.3) is 0 Å². The fourth-order valence-electron chi connectivity index (χ4n) is 1.78. The van der Waals surface area contributed by atoms with Gasteiger partial charge in [-0.25, -0.2) is 4.39 Å². The van der Waals surface area contributed by atoms with Gasteiger partial charge in [0.05, 0.1) is 0 Å². The van der Waals surface area contributed by atoms with Crippen LogP contribution in [-0.4, -0.2) is 0 Å². The maximum absolute atomic E-state index is 13.2. The van der Waals surface area contributed by atoms with Crippen LogP contribution in [0.5, 0.6) is 0 Å². The van der Waals surface area contributed by atoms with Crippen LogP contribution in [0.3, 0.4) is 0 Å². The zero-order valence-corrected chi connectivity index (χ0v) is 12.1. The molecule has 0 spiro atoms. The molecular weight excluding hydrogens is 281 g/mol. The van der Waals surface area contributed by atoms with E-state index in [1.54, 1.807) is 17.8 Å². The summed E-state index contributed by atoms with van der Waals surface area (Å²) in [6, 6.07) is 12.3. The second-order valence-corrected chi connectivity index (χ2v) is 5.78. The zero-order valence-electron chi connectivity index (χ0n) is 10.6. The Bertz CT molecular complexity index is 572. The highest BCUT2D eigenvalue weighted by Crippen LogP contribution is 2.31. The van der Waals surface area contributed by atoms with Crippen molar-refractivity contribution in [2.75, 3.05) is 0 Å². The molecule has 0 heterocycles. The summed E-state index contributed by atoms with van der Waals surface area (Å²) in [5, 5.41) is 0.749. The molecule has 2 aromatic carbocycles. The first-order valence-electron chi connectivity index (χ1n) is 5.99. The SMILES string of the molecule is CC(N)c1cc(F)ccc1SCc1ccccc1Cl. The normalized spacial score (nSPS) is 12.4. The summed E-state index contributed by atoms with van der Waals surface area (Å²) in [5.74, 6) is 0.486. The van der Waals surface area contributed by atoms with Crippen molar-refractivity contribution in [2.24, 2.45) is 5.73 Å². The van der Waals surface area contributed by atoms with E-state index in [4.69, 9.17) is 17.3 Å². The molecule has 0 saturated carbocycles. The Balaban J connectivity index is 2.18. The van der Waals surface area contributed by atoms with Crippen LogP contribution in [0.15, 0.2) is 47.4 Å². The van der Waals surface area contributed by atoms with Crippen molar-refractivity contribution < 1.29 is 4.39 Å². The Labute approximate surface area is 122 Å². The lowest BCUT2D eigenvalue weighted by molar-refractivity contribution is 0.619. The average Bonchev–Trinajstić information content (AvgIpc) is 2.38. The number of thioether (sulfide) groups is 1. The van der Waals surface area contributed by atoms with Gasteiger partial charge >= 0.3 is 0 Å². The topological polar surface area (TPSA) is 26.0 Å². The van der Waals surface area contributed by atoms with Gasteiger partial charge in [-0.05, 0) is 42.3 Å². The van der Waals surface area contributed by atoms with Crippen LogP contribution in [0.25, 0.3) is 0 Å². The van der Waals surface area contributed by atoms with Crippen molar-refractivity contribution in [3.63, 3.8) is 0 Å². The second-order valence-electron chi connectivity index (χ2n) is 4.35. The molecule has 0 aromatic heterocycles. The molecule has 2 N–H and O–H groups in total. The zero-order chi connectivity index (χ0) is 13.8. The lowest BCUT2D eigenvalue weighted by Crippen LogP contribution is -2.06. The molecular formula is C15H15ClFNS. The highest BCUT2D eigenvalue weighted by Gasteiger charge is 2.09. The number of halogens is 2. The molecule has 4 heteroatoms. The maximum Gasteiger partial charge on any atom is 0.123 e. The number of nitrogens with two attached hydrogens (primary N) is 1. The maximum atomic E-state index is 13.2. The molecule has 1 atom stereocenters. The first kappa shape index (κ1) is 14.4. The van der Waals surface area contributed by atoms with Crippen LogP contribution in [0.4, 0.5) is 4.39 Å². The Hall–Kier alpha value is -1.03. The molecule has 0 bridgehead atoms. The van der Waals surface area contributed by atoms with Crippen LogP contribution in [-0.2, 0) is 5.75 Å². The van der Waals surface area contributed by atoms with E-state index in [0.717, 1.165) is 26.8 Å². The van der Waals surface area contributed by atoms with Crippen LogP contribution in [0, 0.1) is 5.82 Å². The molecule has 1 unspecified atom stereocenters. The van der Waals surface area contributed by atoms with Gasteiger partial charge in [0.15, 0.2) is 0 Å². The van der Waals surface area contributed by atoms with Gasteiger partial charge in [0.1, 0.15) is 5.82 Å². The van der Waals surface area contributed by atoms with E-state index in [0.29, 0.717) is 0 Å². The van der Waals surface area contributed by atoms with E-state index < -0.39 is 0 Å². The summed E-state index contributed by atoms with van der Waals surface area (Å²) in [7, 11) is 0. The number of hydrogen-bond donors (Lipinski definition) is 1. The minimum atomic E-state index is -0.255. The van der Waals surface area contributed by atoms with Crippen molar-refractivity contribution in [3.8, 4) is 0 Å². The lowest BCUT2D eigenvalue weighted by atomic mass is 10.1. The summed E-state index contributed by atoms with van der Waals surface area (Å²) < 4.78 is 13.2. The van der Waals surface area contributed by atoms with Crippen molar-refractivity contribution in [1.82, 2.24) is 0 Å². The highest BCUT2D eigenvalue weighted by molar-refractivity contribution is 7.98. The third kappa shape index (κ3) is 3.72. The molecule has 19 heavy (non-hydrogen) atoms. The van der Waals surface area contributed by atoms with Crippen molar-refractivity contribution in [2.45, 2.75) is 23.6 Å². The summed E-state index contributed by atoms with van der Waals surface area (Å²) in [5.41, 5.74) is 7.77. The molecule has 0 radical (unpaired) electrons. The smallest absolute Gasteiger partial charge is 0.123 e. The van der Waals surface area contributed by atoms with Gasteiger partial charge in [0.2, 0.25) is 0 Å². The second kappa shape index (κ2) is 6.42. The monoisotopic (exact) mass is 295 g/mol. The molecule has 0 amide bonds. The summed E-state index contributed by atoms with van der Waals surface area (Å²) in [4.78, 5) is 0.997. The van der Waals surface area contributed by atoms with E-state index >= 15 is 0 Å². The summed E-state index contributed by atoms with van der Waals surface area (Å²) >= 11 is 7.74. The third-order valence-electron chi connectivity index (χ3n) is 2.80. The average molecular weight is 296 g/mol. The summed E-state index contributed by atoms with van der Waals surface area (Å²) in [6.45, 7) is 1.86. The molecule has 1 nitrogen and oxygen atoms in total. The van der Waals surface area contributed by atoms with E-state index in [2.05, 4.69) is 0 Å². The van der Waals surface area contributed by atoms with Crippen LogP contribution < -0.4 is 5.73 Å². The fourth-order valence-corrected chi connectivity index (χ4v) is 3.20. The quantitative estimate of drug-likeness (QED) is 0.821. The number of benzene rings is 2. The standard InChI is InChI=1S/C15H15ClFNS/c1-10(18)13-8-12(17)6-7-15(13)19-9-11-4-2-3-5-14(11)16/h2-8,10H,9,18H2,1H3. The van der Waals surface area contributed by atoms with E-state index in [1.165, 1.54) is 12.1 Å². The van der Waals surface area contributed by atoms with Crippen molar-refractivity contribution in [1.29, 1.82) is 0 Å². The van der Waals surface area contributed by atoms with Gasteiger partial charge in [-0.3, -0.25) is 0 Å². The van der Waals surface area contributed by atoms with Crippen molar-refractivity contribution >= 4 is 23.4 Å². The number of rotatable bonds is 4. The molecule has 2 aromatic rings. The molecule has 100 valence electrons. The van der Waals surface area contributed by atoms with Crippen LogP contribution >= 0.6 is 23.4 Å². The molecule has 2 rings (SSSR count). The van der Waals surface area contributed by atoms with Gasteiger partial charge in [-0.15, -0.1) is 11.8 Å². The van der Waals surface area contributed by atoms with E-state index in [9.17, 15) is 4.39 Å². The number of hydrogen-bond acceptors (Lipinski definition) is 2.